The number of halogens is 1. The van der Waals surface area contributed by atoms with E-state index in [1.807, 2.05) is 17.4 Å². The molecule has 0 bridgehead atoms. The fourth-order valence-electron chi connectivity index (χ4n) is 7.96. The average Bonchev–Trinajstić information content (AvgIpc) is 3.29. The standard InChI is InChI=1S/C26H30FNOS/c1-25-13-11-21-23(30-24(28-21)15-4-3-5-16(27)14-15)20(25)7-6-17-18-8-9-22(29)26(18,2)12-10-19(17)25/h3-5,14,17-20H,6-13H2,1-2H3/t17-,18-,19-,20?,25+,26-/m0/s1. The van der Waals surface area contributed by atoms with Crippen LogP contribution in [0, 0.1) is 34.4 Å². The zero-order valence-electron chi connectivity index (χ0n) is 17.9. The summed E-state index contributed by atoms with van der Waals surface area (Å²) >= 11 is 1.81. The minimum absolute atomic E-state index is 0.0424. The molecular formula is C26H30FNOS. The largest absolute Gasteiger partial charge is 0.299 e. The van der Waals surface area contributed by atoms with Gasteiger partial charge >= 0.3 is 0 Å². The van der Waals surface area contributed by atoms with Gasteiger partial charge in [-0.3, -0.25) is 4.79 Å². The number of aromatic nitrogens is 1. The zero-order valence-corrected chi connectivity index (χ0v) is 18.7. The number of carbonyl (C=O) groups excluding carboxylic acids is 1. The predicted molar refractivity (Wildman–Crippen MR) is 118 cm³/mol. The van der Waals surface area contributed by atoms with Crippen LogP contribution in [0.15, 0.2) is 24.3 Å². The van der Waals surface area contributed by atoms with Crippen LogP contribution in [0.3, 0.4) is 0 Å². The van der Waals surface area contributed by atoms with Gasteiger partial charge < -0.3 is 0 Å². The maximum atomic E-state index is 13.8. The number of nitrogens with zero attached hydrogens (tertiary/aromatic N) is 1. The first kappa shape index (κ1) is 19.2. The lowest BCUT2D eigenvalue weighted by Gasteiger charge is -2.59. The molecule has 1 aromatic heterocycles. The molecule has 4 heteroatoms. The van der Waals surface area contributed by atoms with Crippen LogP contribution in [0.1, 0.15) is 75.3 Å². The van der Waals surface area contributed by atoms with Crippen molar-refractivity contribution in [2.75, 3.05) is 0 Å². The van der Waals surface area contributed by atoms with Crippen LogP contribution >= 0.6 is 11.3 Å². The van der Waals surface area contributed by atoms with Gasteiger partial charge in [0.15, 0.2) is 0 Å². The third-order valence-electron chi connectivity index (χ3n) is 9.59. The van der Waals surface area contributed by atoms with Crippen molar-refractivity contribution in [3.63, 3.8) is 0 Å². The van der Waals surface area contributed by atoms with Crippen LogP contribution < -0.4 is 0 Å². The number of hydrogen-bond acceptors (Lipinski definition) is 3. The first-order valence-electron chi connectivity index (χ1n) is 11.7. The number of carbonyl (C=O) groups is 1. The summed E-state index contributed by atoms with van der Waals surface area (Å²) in [5.41, 5.74) is 2.44. The SMILES string of the molecule is C[C@]12CCc3nc(-c4cccc(F)c4)sc3C1CC[C@@H]1[C@@H]2CC[C@]2(C)C(=O)CC[C@@H]12. The molecule has 1 unspecified atom stereocenters. The van der Waals surface area contributed by atoms with E-state index in [1.165, 1.54) is 42.3 Å². The van der Waals surface area contributed by atoms with Crippen LogP contribution in [-0.2, 0) is 11.2 Å². The zero-order chi connectivity index (χ0) is 20.7. The normalized spacial score (nSPS) is 39.8. The molecule has 30 heavy (non-hydrogen) atoms. The van der Waals surface area contributed by atoms with E-state index in [0.717, 1.165) is 42.2 Å². The number of hydrogen-bond donors (Lipinski definition) is 0. The van der Waals surface area contributed by atoms with Crippen molar-refractivity contribution in [3.8, 4) is 10.6 Å². The smallest absolute Gasteiger partial charge is 0.139 e. The molecule has 0 N–H and O–H groups in total. The summed E-state index contributed by atoms with van der Waals surface area (Å²) in [6.45, 7) is 4.81. The van der Waals surface area contributed by atoms with Crippen molar-refractivity contribution in [1.29, 1.82) is 0 Å². The van der Waals surface area contributed by atoms with E-state index in [-0.39, 0.29) is 11.2 Å². The van der Waals surface area contributed by atoms with Gasteiger partial charge in [-0.05, 0) is 80.2 Å². The highest BCUT2D eigenvalue weighted by Gasteiger charge is 2.60. The van der Waals surface area contributed by atoms with Gasteiger partial charge in [0.2, 0.25) is 0 Å². The summed E-state index contributed by atoms with van der Waals surface area (Å²) in [5.74, 6) is 2.96. The Balaban J connectivity index is 1.35. The van der Waals surface area contributed by atoms with Gasteiger partial charge in [-0.1, -0.05) is 26.0 Å². The Kier molecular flexibility index (Phi) is 4.14. The molecule has 0 aliphatic heterocycles. The molecule has 6 atom stereocenters. The Morgan fingerprint density at radius 1 is 1.07 bits per heavy atom. The van der Waals surface area contributed by atoms with Crippen molar-refractivity contribution in [2.24, 2.45) is 28.6 Å². The van der Waals surface area contributed by atoms with Gasteiger partial charge in [-0.15, -0.1) is 11.3 Å². The molecule has 3 saturated carbocycles. The van der Waals surface area contributed by atoms with Crippen LogP contribution in [0.2, 0.25) is 0 Å². The Bertz CT molecular complexity index is 1030. The molecule has 0 spiro atoms. The fraction of sp³-hybridized carbons (Fsp3) is 0.615. The molecule has 1 heterocycles. The van der Waals surface area contributed by atoms with Gasteiger partial charge in [0.1, 0.15) is 16.6 Å². The minimum Gasteiger partial charge on any atom is -0.299 e. The number of Topliss-reactive ketones (excluding diaryl/α,β-unsaturated/α-hetero) is 1. The molecule has 2 nitrogen and oxygen atoms in total. The maximum Gasteiger partial charge on any atom is 0.139 e. The molecule has 158 valence electrons. The molecule has 3 fully saturated rings. The van der Waals surface area contributed by atoms with Crippen molar-refractivity contribution >= 4 is 17.1 Å². The van der Waals surface area contributed by atoms with Crippen LogP contribution in [0.25, 0.3) is 10.6 Å². The highest BCUT2D eigenvalue weighted by molar-refractivity contribution is 7.15. The summed E-state index contributed by atoms with van der Waals surface area (Å²) in [5, 5.41) is 0.975. The topological polar surface area (TPSA) is 30.0 Å². The molecule has 0 amide bonds. The van der Waals surface area contributed by atoms with Crippen molar-refractivity contribution in [3.05, 3.63) is 40.7 Å². The number of rotatable bonds is 1. The highest BCUT2D eigenvalue weighted by atomic mass is 32.1. The van der Waals surface area contributed by atoms with Gasteiger partial charge in [0, 0.05) is 28.2 Å². The number of benzene rings is 1. The summed E-state index contributed by atoms with van der Waals surface area (Å²) in [6, 6.07) is 6.87. The minimum atomic E-state index is -0.192. The summed E-state index contributed by atoms with van der Waals surface area (Å²) in [7, 11) is 0. The van der Waals surface area contributed by atoms with Crippen molar-refractivity contribution < 1.29 is 9.18 Å². The molecule has 0 saturated heterocycles. The summed E-state index contributed by atoms with van der Waals surface area (Å²) in [4.78, 5) is 19.1. The Labute approximate surface area is 182 Å². The third-order valence-corrected chi connectivity index (χ3v) is 10.9. The quantitative estimate of drug-likeness (QED) is 0.505. The highest BCUT2D eigenvalue weighted by Crippen LogP contribution is 2.67. The first-order valence-corrected chi connectivity index (χ1v) is 12.5. The van der Waals surface area contributed by atoms with Gasteiger partial charge in [0.05, 0.1) is 5.69 Å². The second-order valence-electron chi connectivity index (χ2n) is 10.8. The van der Waals surface area contributed by atoms with Gasteiger partial charge in [-0.25, -0.2) is 9.37 Å². The first-order chi connectivity index (χ1) is 14.4. The molecular weight excluding hydrogens is 393 g/mol. The van der Waals surface area contributed by atoms with Crippen molar-refractivity contribution in [1.82, 2.24) is 4.98 Å². The Hall–Kier alpha value is -1.55. The molecule has 4 aliphatic carbocycles. The lowest BCUT2D eigenvalue weighted by Crippen LogP contribution is -2.52. The fourth-order valence-corrected chi connectivity index (χ4v) is 9.37. The lowest BCUT2D eigenvalue weighted by molar-refractivity contribution is -0.134. The maximum absolute atomic E-state index is 13.8. The van der Waals surface area contributed by atoms with E-state index in [0.29, 0.717) is 29.0 Å². The van der Waals surface area contributed by atoms with E-state index in [1.54, 1.807) is 12.1 Å². The molecule has 1 aromatic carbocycles. The third kappa shape index (κ3) is 2.52. The average molecular weight is 424 g/mol. The Morgan fingerprint density at radius 3 is 2.77 bits per heavy atom. The summed E-state index contributed by atoms with van der Waals surface area (Å²) < 4.78 is 13.8. The van der Waals surface area contributed by atoms with Crippen molar-refractivity contribution in [2.45, 2.75) is 71.1 Å². The molecule has 6 rings (SSSR count). The van der Waals surface area contributed by atoms with Crippen LogP contribution in [0.5, 0.6) is 0 Å². The number of fused-ring (bicyclic) bond motifs is 7. The Morgan fingerprint density at radius 2 is 1.93 bits per heavy atom. The number of thiazole rings is 1. The van der Waals surface area contributed by atoms with Gasteiger partial charge in [-0.2, -0.15) is 0 Å². The van der Waals surface area contributed by atoms with E-state index >= 15 is 0 Å². The lowest BCUT2D eigenvalue weighted by atomic mass is 9.46. The second-order valence-corrected chi connectivity index (χ2v) is 11.8. The molecule has 2 aromatic rings. The molecule has 4 aliphatic rings. The monoisotopic (exact) mass is 423 g/mol. The van der Waals surface area contributed by atoms with E-state index in [4.69, 9.17) is 4.98 Å². The number of ketones is 1. The van der Waals surface area contributed by atoms with Gasteiger partial charge in [0.25, 0.3) is 0 Å². The van der Waals surface area contributed by atoms with Crippen LogP contribution in [0.4, 0.5) is 4.39 Å². The van der Waals surface area contributed by atoms with Crippen LogP contribution in [-0.4, -0.2) is 10.8 Å². The van der Waals surface area contributed by atoms with E-state index in [2.05, 4.69) is 13.8 Å². The van der Waals surface area contributed by atoms with E-state index in [9.17, 15) is 9.18 Å². The summed E-state index contributed by atoms with van der Waals surface area (Å²) in [6.07, 6.45) is 8.94. The predicted octanol–water partition coefficient (Wildman–Crippen LogP) is 6.79. The number of aryl methyl sites for hydroxylation is 1. The van der Waals surface area contributed by atoms with E-state index < -0.39 is 0 Å². The second kappa shape index (κ2) is 6.48. The molecule has 0 radical (unpaired) electrons.